The molecule has 0 bridgehead atoms. The van der Waals surface area contributed by atoms with E-state index in [2.05, 4.69) is 5.32 Å². The first kappa shape index (κ1) is 19.4. The van der Waals surface area contributed by atoms with Gasteiger partial charge in [0.2, 0.25) is 0 Å². The number of rotatable bonds is 6. The second kappa shape index (κ2) is 7.51. The summed E-state index contributed by atoms with van der Waals surface area (Å²) in [6, 6.07) is 4.44. The van der Waals surface area contributed by atoms with Gasteiger partial charge >= 0.3 is 12.1 Å². The Balaban J connectivity index is 2.21. The van der Waals surface area contributed by atoms with E-state index in [9.17, 15) is 22.8 Å². The maximum atomic E-state index is 13.2. The summed E-state index contributed by atoms with van der Waals surface area (Å²) in [5, 5.41) is 11.3. The third kappa shape index (κ3) is 4.16. The SMILES string of the molecule is CCc1oc(C(=O)NCc2ccc(OC)cc2C(F)(F)F)cc1C(=O)O. The lowest BCUT2D eigenvalue weighted by Gasteiger charge is -2.14. The number of carboxylic acid groups (broad SMARTS) is 1. The van der Waals surface area contributed by atoms with Crippen LogP contribution in [0, 0.1) is 0 Å². The summed E-state index contributed by atoms with van der Waals surface area (Å²) in [5.74, 6) is -2.18. The summed E-state index contributed by atoms with van der Waals surface area (Å²) in [7, 11) is 1.25. The molecule has 1 aromatic heterocycles. The Kier molecular flexibility index (Phi) is 5.59. The number of hydrogen-bond donors (Lipinski definition) is 2. The number of alkyl halides is 3. The number of methoxy groups -OCH3 is 1. The van der Waals surface area contributed by atoms with Gasteiger partial charge < -0.3 is 19.6 Å². The van der Waals surface area contributed by atoms with Crippen LogP contribution in [-0.2, 0) is 19.1 Å². The largest absolute Gasteiger partial charge is 0.497 e. The zero-order valence-corrected chi connectivity index (χ0v) is 13.9. The zero-order valence-electron chi connectivity index (χ0n) is 13.9. The minimum atomic E-state index is -4.62. The second-order valence-corrected chi connectivity index (χ2v) is 5.31. The van der Waals surface area contributed by atoms with E-state index in [1.807, 2.05) is 0 Å². The third-order valence-electron chi connectivity index (χ3n) is 3.65. The highest BCUT2D eigenvalue weighted by molar-refractivity contribution is 5.96. The van der Waals surface area contributed by atoms with Crippen molar-refractivity contribution in [2.45, 2.75) is 26.1 Å². The molecule has 0 saturated heterocycles. The van der Waals surface area contributed by atoms with Crippen LogP contribution in [0.3, 0.4) is 0 Å². The molecule has 1 aromatic carbocycles. The van der Waals surface area contributed by atoms with E-state index in [-0.39, 0.29) is 34.8 Å². The van der Waals surface area contributed by atoms with Gasteiger partial charge in [-0.3, -0.25) is 4.79 Å². The molecule has 140 valence electrons. The number of furan rings is 1. The van der Waals surface area contributed by atoms with E-state index >= 15 is 0 Å². The molecule has 26 heavy (non-hydrogen) atoms. The normalized spacial score (nSPS) is 11.3. The van der Waals surface area contributed by atoms with Gasteiger partial charge in [-0.05, 0) is 17.7 Å². The molecule has 0 spiro atoms. The molecule has 1 amide bonds. The number of carbonyl (C=O) groups is 2. The lowest BCUT2D eigenvalue weighted by molar-refractivity contribution is -0.138. The minimum Gasteiger partial charge on any atom is -0.497 e. The first-order valence-corrected chi connectivity index (χ1v) is 7.55. The summed E-state index contributed by atoms with van der Waals surface area (Å²) in [5.41, 5.74) is -1.25. The molecule has 0 atom stereocenters. The second-order valence-electron chi connectivity index (χ2n) is 5.31. The van der Waals surface area contributed by atoms with Gasteiger partial charge in [-0.15, -0.1) is 0 Å². The molecule has 0 aliphatic heterocycles. The monoisotopic (exact) mass is 371 g/mol. The number of aryl methyl sites for hydroxylation is 1. The lowest BCUT2D eigenvalue weighted by atomic mass is 10.1. The van der Waals surface area contributed by atoms with Crippen molar-refractivity contribution in [2.75, 3.05) is 7.11 Å². The van der Waals surface area contributed by atoms with Crippen LogP contribution in [0.5, 0.6) is 5.75 Å². The van der Waals surface area contributed by atoms with Gasteiger partial charge in [0.1, 0.15) is 17.1 Å². The van der Waals surface area contributed by atoms with Gasteiger partial charge in [-0.2, -0.15) is 13.2 Å². The Morgan fingerprint density at radius 2 is 1.96 bits per heavy atom. The smallest absolute Gasteiger partial charge is 0.416 e. The molecule has 0 saturated carbocycles. The summed E-state index contributed by atoms with van der Waals surface area (Å²) in [6.07, 6.45) is -4.36. The predicted molar refractivity (Wildman–Crippen MR) is 84.2 cm³/mol. The van der Waals surface area contributed by atoms with Crippen molar-refractivity contribution in [3.63, 3.8) is 0 Å². The Morgan fingerprint density at radius 1 is 1.27 bits per heavy atom. The summed E-state index contributed by atoms with van der Waals surface area (Å²) < 4.78 is 49.4. The molecular formula is C17H16F3NO5. The van der Waals surface area contributed by atoms with Gasteiger partial charge in [0, 0.05) is 19.0 Å². The fraction of sp³-hybridized carbons (Fsp3) is 0.294. The number of carboxylic acids is 1. The molecule has 6 nitrogen and oxygen atoms in total. The van der Waals surface area contributed by atoms with Crippen molar-refractivity contribution in [3.8, 4) is 5.75 Å². The van der Waals surface area contributed by atoms with E-state index < -0.39 is 30.2 Å². The third-order valence-corrected chi connectivity index (χ3v) is 3.65. The molecule has 0 aliphatic carbocycles. The van der Waals surface area contributed by atoms with Gasteiger partial charge in [0.25, 0.3) is 5.91 Å². The molecule has 0 radical (unpaired) electrons. The van der Waals surface area contributed by atoms with Crippen LogP contribution in [0.1, 0.15) is 44.7 Å². The highest BCUT2D eigenvalue weighted by Crippen LogP contribution is 2.34. The highest BCUT2D eigenvalue weighted by atomic mass is 19.4. The molecule has 0 aliphatic rings. The Labute approximate surface area is 146 Å². The Bertz CT molecular complexity index is 826. The van der Waals surface area contributed by atoms with Crippen molar-refractivity contribution in [3.05, 3.63) is 52.5 Å². The minimum absolute atomic E-state index is 0.0390. The lowest BCUT2D eigenvalue weighted by Crippen LogP contribution is -2.24. The van der Waals surface area contributed by atoms with Gasteiger partial charge in [0.15, 0.2) is 5.76 Å². The highest BCUT2D eigenvalue weighted by Gasteiger charge is 2.34. The van der Waals surface area contributed by atoms with Crippen LogP contribution in [0.2, 0.25) is 0 Å². The molecule has 0 fully saturated rings. The number of ether oxygens (including phenoxy) is 1. The number of aromatic carboxylic acids is 1. The maximum absolute atomic E-state index is 13.2. The van der Waals surface area contributed by atoms with Crippen molar-refractivity contribution >= 4 is 11.9 Å². The standard InChI is InChI=1S/C17H16F3NO5/c1-3-13-11(16(23)24)7-14(26-13)15(22)21-8-9-4-5-10(25-2)6-12(9)17(18,19)20/h4-7H,3,8H2,1-2H3,(H,21,22)(H,23,24). The zero-order chi connectivity index (χ0) is 19.5. The van der Waals surface area contributed by atoms with E-state index in [4.69, 9.17) is 14.3 Å². The van der Waals surface area contributed by atoms with Crippen LogP contribution >= 0.6 is 0 Å². The fourth-order valence-corrected chi connectivity index (χ4v) is 2.35. The number of hydrogen-bond acceptors (Lipinski definition) is 4. The quantitative estimate of drug-likeness (QED) is 0.811. The van der Waals surface area contributed by atoms with Crippen LogP contribution in [0.15, 0.2) is 28.7 Å². The number of halogens is 3. The number of carbonyl (C=O) groups excluding carboxylic acids is 1. The van der Waals surface area contributed by atoms with E-state index in [0.29, 0.717) is 0 Å². The van der Waals surface area contributed by atoms with Gasteiger partial charge in [-0.25, -0.2) is 4.79 Å². The number of amides is 1. The Hall–Kier alpha value is -2.97. The first-order chi connectivity index (χ1) is 12.2. The molecule has 1 heterocycles. The van der Waals surface area contributed by atoms with Crippen molar-refractivity contribution in [1.29, 1.82) is 0 Å². The maximum Gasteiger partial charge on any atom is 0.416 e. The first-order valence-electron chi connectivity index (χ1n) is 7.55. The van der Waals surface area contributed by atoms with Crippen molar-refractivity contribution < 1.29 is 37.0 Å². The topological polar surface area (TPSA) is 88.8 Å². The molecule has 9 heteroatoms. The number of benzene rings is 1. The summed E-state index contributed by atoms with van der Waals surface area (Å²) >= 11 is 0. The molecular weight excluding hydrogens is 355 g/mol. The van der Waals surface area contributed by atoms with Gasteiger partial charge in [-0.1, -0.05) is 13.0 Å². The molecule has 0 unspecified atom stereocenters. The van der Waals surface area contributed by atoms with Crippen LogP contribution in [0.4, 0.5) is 13.2 Å². The van der Waals surface area contributed by atoms with Crippen LogP contribution in [-0.4, -0.2) is 24.1 Å². The van der Waals surface area contributed by atoms with Crippen molar-refractivity contribution in [1.82, 2.24) is 5.32 Å². The van der Waals surface area contributed by atoms with E-state index in [0.717, 1.165) is 12.1 Å². The van der Waals surface area contributed by atoms with Crippen LogP contribution < -0.4 is 10.1 Å². The summed E-state index contributed by atoms with van der Waals surface area (Å²) in [6.45, 7) is 1.24. The Morgan fingerprint density at radius 3 is 2.46 bits per heavy atom. The average molecular weight is 371 g/mol. The summed E-state index contributed by atoms with van der Waals surface area (Å²) in [4.78, 5) is 23.2. The number of nitrogens with one attached hydrogen (secondary N) is 1. The van der Waals surface area contributed by atoms with Crippen molar-refractivity contribution in [2.24, 2.45) is 0 Å². The van der Waals surface area contributed by atoms with E-state index in [1.54, 1.807) is 6.92 Å². The average Bonchev–Trinajstić information content (AvgIpc) is 3.03. The van der Waals surface area contributed by atoms with Gasteiger partial charge in [0.05, 0.1) is 12.7 Å². The molecule has 2 N–H and O–H groups in total. The predicted octanol–water partition coefficient (Wildman–Crippen LogP) is 3.50. The fourth-order valence-electron chi connectivity index (χ4n) is 2.35. The van der Waals surface area contributed by atoms with Crippen LogP contribution in [0.25, 0.3) is 0 Å². The molecule has 2 aromatic rings. The molecule has 2 rings (SSSR count). The van der Waals surface area contributed by atoms with E-state index in [1.165, 1.54) is 19.2 Å².